The molecule has 0 heterocycles. The number of sulfone groups is 1. The molecule has 1 aliphatic carbocycles. The van der Waals surface area contributed by atoms with Gasteiger partial charge in [0.25, 0.3) is 0 Å². The van der Waals surface area contributed by atoms with E-state index in [-0.39, 0.29) is 36.1 Å². The summed E-state index contributed by atoms with van der Waals surface area (Å²) in [5, 5.41) is 0.316. The van der Waals surface area contributed by atoms with Crippen LogP contribution >= 0.6 is 11.6 Å². The van der Waals surface area contributed by atoms with E-state index in [0.717, 1.165) is 18.2 Å². The molecule has 1 fully saturated rings. The first kappa shape index (κ1) is 22.1. The Morgan fingerprint density at radius 3 is 2.14 bits per heavy atom. The monoisotopic (exact) mass is 465 g/mol. The van der Waals surface area contributed by atoms with Crippen LogP contribution in [0.3, 0.4) is 0 Å². The maximum atomic E-state index is 14.7. The summed E-state index contributed by atoms with van der Waals surface area (Å²) in [4.78, 5) is -0.105. The maximum absolute atomic E-state index is 14.7. The lowest BCUT2D eigenvalue weighted by atomic mass is 9.80. The Labute approximate surface area is 172 Å². The molecule has 29 heavy (non-hydrogen) atoms. The van der Waals surface area contributed by atoms with E-state index in [4.69, 9.17) is 16.2 Å². The van der Waals surface area contributed by atoms with Gasteiger partial charge in [-0.3, -0.25) is 4.55 Å². The van der Waals surface area contributed by atoms with Gasteiger partial charge in [0.15, 0.2) is 9.84 Å². The van der Waals surface area contributed by atoms with Crippen LogP contribution in [0.4, 0.5) is 8.78 Å². The molecule has 0 aromatic heterocycles. The average molecular weight is 466 g/mol. The summed E-state index contributed by atoms with van der Waals surface area (Å²) in [6, 6.07) is 7.25. The van der Waals surface area contributed by atoms with E-state index in [9.17, 15) is 25.6 Å². The highest BCUT2D eigenvalue weighted by Crippen LogP contribution is 2.48. The fourth-order valence-electron chi connectivity index (χ4n) is 3.78. The Kier molecular flexibility index (Phi) is 6.03. The molecule has 3 rings (SSSR count). The van der Waals surface area contributed by atoms with E-state index >= 15 is 0 Å². The summed E-state index contributed by atoms with van der Waals surface area (Å²) in [5.74, 6) is -1.66. The number of halogens is 3. The van der Waals surface area contributed by atoms with Gasteiger partial charge in [0.05, 0.1) is 4.90 Å². The molecule has 2 aromatic rings. The lowest BCUT2D eigenvalue weighted by molar-refractivity contribution is 0.318. The molecule has 0 atom stereocenters. The number of nitrogens with one attached hydrogen (secondary N) is 1. The molecule has 0 aliphatic heterocycles. The van der Waals surface area contributed by atoms with E-state index in [2.05, 4.69) is 0 Å². The molecule has 6 nitrogen and oxygen atoms in total. The van der Waals surface area contributed by atoms with Crippen molar-refractivity contribution in [2.45, 2.75) is 41.4 Å². The van der Waals surface area contributed by atoms with Crippen molar-refractivity contribution in [3.63, 3.8) is 0 Å². The average Bonchev–Trinajstić information content (AvgIpc) is 2.63. The maximum Gasteiger partial charge on any atom is 0.333 e. The Bertz CT molecular complexity index is 1110. The molecule has 0 saturated heterocycles. The number of benzene rings is 2. The van der Waals surface area contributed by atoms with Gasteiger partial charge in [-0.2, -0.15) is 13.1 Å². The molecule has 0 amide bonds. The molecule has 0 radical (unpaired) electrons. The van der Waals surface area contributed by atoms with Gasteiger partial charge in [-0.05, 0) is 68.1 Å². The SMILES string of the molecule is O=S(=O)(O)NC1CCC(c2cc(F)ccc2F)(S(=O)(=O)c2ccc(Cl)cc2)CC1. The van der Waals surface area contributed by atoms with Crippen LogP contribution in [0, 0.1) is 11.6 Å². The third-order valence-electron chi connectivity index (χ3n) is 5.17. The second-order valence-corrected chi connectivity index (χ2v) is 10.8. The van der Waals surface area contributed by atoms with Gasteiger partial charge < -0.3 is 0 Å². The normalized spacial score (nSPS) is 23.1. The molecule has 1 aliphatic rings. The summed E-state index contributed by atoms with van der Waals surface area (Å²) in [7, 11) is -8.69. The fourth-order valence-corrected chi connectivity index (χ4v) is 6.73. The van der Waals surface area contributed by atoms with Crippen molar-refractivity contribution < 1.29 is 30.2 Å². The minimum atomic E-state index is -4.48. The summed E-state index contributed by atoms with van der Waals surface area (Å²) in [5.41, 5.74) is -0.308. The van der Waals surface area contributed by atoms with Crippen LogP contribution in [0.25, 0.3) is 0 Å². The second kappa shape index (κ2) is 7.92. The fraction of sp³-hybridized carbons (Fsp3) is 0.333. The van der Waals surface area contributed by atoms with Gasteiger partial charge in [0.2, 0.25) is 0 Å². The first-order valence-corrected chi connectivity index (χ1v) is 12.0. The third-order valence-corrected chi connectivity index (χ3v) is 8.60. The highest BCUT2D eigenvalue weighted by Gasteiger charge is 2.50. The quantitative estimate of drug-likeness (QED) is 0.657. The molecular formula is C18H18ClF2NO5S2. The zero-order chi connectivity index (χ0) is 21.4. The molecule has 11 heteroatoms. The molecule has 2 N–H and O–H groups in total. The van der Waals surface area contributed by atoms with Gasteiger partial charge in [-0.15, -0.1) is 0 Å². The van der Waals surface area contributed by atoms with Crippen molar-refractivity contribution in [3.8, 4) is 0 Å². The number of rotatable bonds is 5. The Morgan fingerprint density at radius 2 is 1.59 bits per heavy atom. The number of hydrogen-bond donors (Lipinski definition) is 2. The predicted octanol–water partition coefficient (Wildman–Crippen LogP) is 3.62. The molecular weight excluding hydrogens is 448 g/mol. The standard InChI is InChI=1S/C18H18ClF2NO5S2/c19-12-1-4-15(5-2-12)28(23,24)18(16-11-13(20)3-6-17(16)21)9-7-14(8-10-18)22-29(25,26)27/h1-6,11,14,22H,7-10H2,(H,25,26,27). The van der Waals surface area contributed by atoms with E-state index in [1.54, 1.807) is 0 Å². The molecule has 158 valence electrons. The van der Waals surface area contributed by atoms with Crippen LogP contribution in [0.2, 0.25) is 5.02 Å². The van der Waals surface area contributed by atoms with Crippen molar-refractivity contribution in [2.75, 3.05) is 0 Å². The molecule has 0 bridgehead atoms. The Balaban J connectivity index is 2.11. The lowest BCUT2D eigenvalue weighted by Crippen LogP contribution is -2.46. The van der Waals surface area contributed by atoms with Gasteiger partial charge in [0, 0.05) is 16.6 Å². The first-order valence-electron chi connectivity index (χ1n) is 8.65. The van der Waals surface area contributed by atoms with Crippen molar-refractivity contribution >= 4 is 31.7 Å². The topological polar surface area (TPSA) is 101 Å². The number of hydrogen-bond acceptors (Lipinski definition) is 4. The van der Waals surface area contributed by atoms with Crippen LogP contribution < -0.4 is 4.72 Å². The van der Waals surface area contributed by atoms with Crippen LogP contribution in [0.1, 0.15) is 31.2 Å². The predicted molar refractivity (Wildman–Crippen MR) is 104 cm³/mol. The van der Waals surface area contributed by atoms with E-state index in [0.29, 0.717) is 5.02 Å². The van der Waals surface area contributed by atoms with Crippen molar-refractivity contribution in [2.24, 2.45) is 0 Å². The molecule has 0 unspecified atom stereocenters. The van der Waals surface area contributed by atoms with Crippen LogP contribution in [0.5, 0.6) is 0 Å². The third kappa shape index (κ3) is 4.46. The largest absolute Gasteiger partial charge is 0.333 e. The summed E-state index contributed by atoms with van der Waals surface area (Å²) in [6.45, 7) is 0. The minimum absolute atomic E-state index is 0.00254. The molecule has 0 spiro atoms. The first-order chi connectivity index (χ1) is 13.4. The van der Waals surface area contributed by atoms with Crippen LogP contribution in [-0.4, -0.2) is 27.4 Å². The summed E-state index contributed by atoms with van der Waals surface area (Å²) < 4.78 is 87.1. The van der Waals surface area contributed by atoms with Gasteiger partial charge in [-0.1, -0.05) is 11.6 Å². The van der Waals surface area contributed by atoms with Crippen molar-refractivity contribution in [1.29, 1.82) is 0 Å². The summed E-state index contributed by atoms with van der Waals surface area (Å²) in [6.07, 6.45) is -0.345. The lowest BCUT2D eigenvalue weighted by Gasteiger charge is -2.40. The smallest absolute Gasteiger partial charge is 0.273 e. The molecule has 2 aromatic carbocycles. The minimum Gasteiger partial charge on any atom is -0.273 e. The van der Waals surface area contributed by atoms with E-state index in [1.807, 2.05) is 4.72 Å². The van der Waals surface area contributed by atoms with Crippen molar-refractivity contribution in [1.82, 2.24) is 4.72 Å². The van der Waals surface area contributed by atoms with E-state index < -0.39 is 42.6 Å². The molecule has 1 saturated carbocycles. The van der Waals surface area contributed by atoms with Gasteiger partial charge in [0.1, 0.15) is 16.4 Å². The van der Waals surface area contributed by atoms with Crippen LogP contribution in [-0.2, 0) is 24.9 Å². The highest BCUT2D eigenvalue weighted by atomic mass is 35.5. The van der Waals surface area contributed by atoms with Crippen molar-refractivity contribution in [3.05, 3.63) is 64.7 Å². The summed E-state index contributed by atoms with van der Waals surface area (Å²) >= 11 is 5.83. The zero-order valence-electron chi connectivity index (χ0n) is 15.0. The second-order valence-electron chi connectivity index (χ2n) is 6.94. The van der Waals surface area contributed by atoms with Gasteiger partial charge in [-0.25, -0.2) is 17.2 Å². The van der Waals surface area contributed by atoms with Crippen LogP contribution in [0.15, 0.2) is 47.4 Å². The van der Waals surface area contributed by atoms with E-state index in [1.165, 1.54) is 24.3 Å². The van der Waals surface area contributed by atoms with Gasteiger partial charge >= 0.3 is 10.3 Å². The Morgan fingerprint density at radius 1 is 1.00 bits per heavy atom. The highest BCUT2D eigenvalue weighted by molar-refractivity contribution is 7.92. The Hall–Kier alpha value is -1.59. The zero-order valence-corrected chi connectivity index (χ0v) is 17.4.